The molecule has 1 fully saturated rings. The highest BCUT2D eigenvalue weighted by atomic mass is 16.4. The van der Waals surface area contributed by atoms with Crippen molar-refractivity contribution in [3.63, 3.8) is 0 Å². The predicted octanol–water partition coefficient (Wildman–Crippen LogP) is 1.68. The van der Waals surface area contributed by atoms with E-state index in [0.717, 1.165) is 37.3 Å². The monoisotopic (exact) mass is 329 g/mol. The average molecular weight is 329 g/mol. The van der Waals surface area contributed by atoms with E-state index in [4.69, 9.17) is 4.42 Å². The van der Waals surface area contributed by atoms with Crippen molar-refractivity contribution >= 4 is 22.6 Å². The number of anilines is 1. The number of hydrogen-bond acceptors (Lipinski definition) is 5. The molecule has 1 aliphatic heterocycles. The second-order valence-electron chi connectivity index (χ2n) is 5.88. The van der Waals surface area contributed by atoms with Crippen LogP contribution in [0.3, 0.4) is 0 Å². The molecule has 1 aromatic heterocycles. The molecule has 0 bridgehead atoms. The van der Waals surface area contributed by atoms with Crippen molar-refractivity contribution in [2.24, 2.45) is 0 Å². The zero-order valence-electron chi connectivity index (χ0n) is 14.2. The first-order valence-electron chi connectivity index (χ1n) is 8.47. The lowest BCUT2D eigenvalue weighted by atomic mass is 10.1. The molecule has 2 heterocycles. The minimum atomic E-state index is -0.567. The summed E-state index contributed by atoms with van der Waals surface area (Å²) in [5.74, 6) is -0.250. The van der Waals surface area contributed by atoms with Gasteiger partial charge in [-0.25, -0.2) is 4.79 Å². The molecule has 1 amide bonds. The van der Waals surface area contributed by atoms with Crippen LogP contribution in [0, 0.1) is 0 Å². The van der Waals surface area contributed by atoms with Crippen LogP contribution in [0.5, 0.6) is 0 Å². The maximum absolute atomic E-state index is 12.6. The summed E-state index contributed by atoms with van der Waals surface area (Å²) in [6.45, 7) is 8.64. The Morgan fingerprint density at radius 2 is 1.92 bits per heavy atom. The van der Waals surface area contributed by atoms with Crippen molar-refractivity contribution < 1.29 is 9.21 Å². The third-order valence-corrected chi connectivity index (χ3v) is 4.48. The van der Waals surface area contributed by atoms with Crippen LogP contribution in [-0.2, 0) is 0 Å². The third kappa shape index (κ3) is 3.14. The minimum absolute atomic E-state index is 0.111. The zero-order chi connectivity index (χ0) is 17.1. The van der Waals surface area contributed by atoms with Crippen LogP contribution in [0.15, 0.2) is 33.5 Å². The van der Waals surface area contributed by atoms with E-state index >= 15 is 0 Å². The molecule has 0 atom stereocenters. The number of nitrogens with zero attached hydrogens (tertiary/aromatic N) is 2. The van der Waals surface area contributed by atoms with Gasteiger partial charge >= 0.3 is 5.63 Å². The Hall–Kier alpha value is -2.34. The Bertz CT molecular complexity index is 790. The standard InChI is InChI=1S/C18H23N3O3/c1-3-20(4-2)14-6-5-13-11-15(18(23)24-16(13)12-14)17(22)21-9-7-19-8-10-21/h5-6,11-12,19H,3-4,7-10H2,1-2H3. The molecule has 3 rings (SSSR count). The van der Waals surface area contributed by atoms with Crippen LogP contribution >= 0.6 is 0 Å². The Kier molecular flexibility index (Phi) is 4.85. The maximum atomic E-state index is 12.6. The van der Waals surface area contributed by atoms with Gasteiger partial charge in [-0.1, -0.05) is 0 Å². The quantitative estimate of drug-likeness (QED) is 0.865. The molecule has 1 N–H and O–H groups in total. The third-order valence-electron chi connectivity index (χ3n) is 4.48. The second-order valence-corrected chi connectivity index (χ2v) is 5.88. The average Bonchev–Trinajstić information content (AvgIpc) is 2.62. The molecular weight excluding hydrogens is 306 g/mol. The second kappa shape index (κ2) is 7.05. The van der Waals surface area contributed by atoms with E-state index in [9.17, 15) is 9.59 Å². The first-order chi connectivity index (χ1) is 11.6. The van der Waals surface area contributed by atoms with Gasteiger partial charge in [-0.05, 0) is 32.0 Å². The van der Waals surface area contributed by atoms with Crippen molar-refractivity contribution in [3.8, 4) is 0 Å². The number of benzene rings is 1. The molecule has 1 aromatic carbocycles. The maximum Gasteiger partial charge on any atom is 0.349 e. The van der Waals surface area contributed by atoms with Crippen LogP contribution < -0.4 is 15.8 Å². The molecule has 6 heteroatoms. The van der Waals surface area contributed by atoms with E-state index in [2.05, 4.69) is 24.1 Å². The molecule has 2 aromatic rings. The summed E-state index contributed by atoms with van der Waals surface area (Å²) in [5.41, 5.74) is 1.07. The van der Waals surface area contributed by atoms with Gasteiger partial charge in [-0.15, -0.1) is 0 Å². The lowest BCUT2D eigenvalue weighted by Gasteiger charge is -2.27. The van der Waals surface area contributed by atoms with Gasteiger partial charge in [0.2, 0.25) is 0 Å². The SMILES string of the molecule is CCN(CC)c1ccc2cc(C(=O)N3CCNCC3)c(=O)oc2c1. The number of piperazine rings is 1. The summed E-state index contributed by atoms with van der Waals surface area (Å²) in [6, 6.07) is 7.41. The predicted molar refractivity (Wildman–Crippen MR) is 94.8 cm³/mol. The van der Waals surface area contributed by atoms with E-state index in [-0.39, 0.29) is 11.5 Å². The number of amides is 1. The molecule has 0 spiro atoms. The minimum Gasteiger partial charge on any atom is -0.422 e. The Balaban J connectivity index is 1.97. The lowest BCUT2D eigenvalue weighted by Crippen LogP contribution is -2.47. The molecule has 0 saturated carbocycles. The van der Waals surface area contributed by atoms with Crippen molar-refractivity contribution in [1.82, 2.24) is 10.2 Å². The van der Waals surface area contributed by atoms with Crippen molar-refractivity contribution in [2.45, 2.75) is 13.8 Å². The molecule has 6 nitrogen and oxygen atoms in total. The summed E-state index contributed by atoms with van der Waals surface area (Å²) in [4.78, 5) is 28.7. The highest BCUT2D eigenvalue weighted by Crippen LogP contribution is 2.22. The molecule has 1 saturated heterocycles. The van der Waals surface area contributed by atoms with Crippen molar-refractivity contribution in [1.29, 1.82) is 0 Å². The fourth-order valence-electron chi connectivity index (χ4n) is 3.07. The number of rotatable bonds is 4. The van der Waals surface area contributed by atoms with Crippen LogP contribution in [0.4, 0.5) is 5.69 Å². The van der Waals surface area contributed by atoms with E-state index in [1.54, 1.807) is 11.0 Å². The molecule has 0 aliphatic carbocycles. The van der Waals surface area contributed by atoms with Gasteiger partial charge in [0.05, 0.1) is 0 Å². The van der Waals surface area contributed by atoms with E-state index in [1.807, 2.05) is 18.2 Å². The normalized spacial score (nSPS) is 14.8. The number of carbonyl (C=O) groups is 1. The number of carbonyl (C=O) groups excluding carboxylic acids is 1. The summed E-state index contributed by atoms with van der Waals surface area (Å²) >= 11 is 0. The van der Waals surface area contributed by atoms with E-state index in [0.29, 0.717) is 18.7 Å². The lowest BCUT2D eigenvalue weighted by molar-refractivity contribution is 0.0731. The molecule has 1 aliphatic rings. The highest BCUT2D eigenvalue weighted by Gasteiger charge is 2.22. The molecule has 24 heavy (non-hydrogen) atoms. The molecular formula is C18H23N3O3. The topological polar surface area (TPSA) is 65.8 Å². The Morgan fingerprint density at radius 1 is 1.21 bits per heavy atom. The van der Waals surface area contributed by atoms with Crippen LogP contribution in [0.1, 0.15) is 24.2 Å². The number of nitrogens with one attached hydrogen (secondary N) is 1. The number of hydrogen-bond donors (Lipinski definition) is 1. The van der Waals surface area contributed by atoms with Gasteiger partial charge in [0.25, 0.3) is 5.91 Å². The van der Waals surface area contributed by atoms with Crippen LogP contribution in [-0.4, -0.2) is 50.1 Å². The van der Waals surface area contributed by atoms with Gasteiger partial charge in [0.15, 0.2) is 0 Å². The number of fused-ring (bicyclic) bond motifs is 1. The van der Waals surface area contributed by atoms with Gasteiger partial charge in [-0.3, -0.25) is 4.79 Å². The smallest absolute Gasteiger partial charge is 0.349 e. The first kappa shape index (κ1) is 16.5. The van der Waals surface area contributed by atoms with Gasteiger partial charge < -0.3 is 19.5 Å². The van der Waals surface area contributed by atoms with Crippen molar-refractivity contribution in [2.75, 3.05) is 44.2 Å². The molecule has 128 valence electrons. The summed E-state index contributed by atoms with van der Waals surface area (Å²) < 4.78 is 5.44. The van der Waals surface area contributed by atoms with Crippen molar-refractivity contribution in [3.05, 3.63) is 40.2 Å². The fourth-order valence-corrected chi connectivity index (χ4v) is 3.07. The Labute approximate surface area is 141 Å². The van der Waals surface area contributed by atoms with Gasteiger partial charge in [0, 0.05) is 56.4 Å². The highest BCUT2D eigenvalue weighted by molar-refractivity contribution is 5.97. The summed E-state index contributed by atoms with van der Waals surface area (Å²) in [5, 5.41) is 3.96. The first-order valence-corrected chi connectivity index (χ1v) is 8.47. The van der Waals surface area contributed by atoms with Crippen LogP contribution in [0.2, 0.25) is 0 Å². The molecule has 0 unspecified atom stereocenters. The van der Waals surface area contributed by atoms with Gasteiger partial charge in [-0.2, -0.15) is 0 Å². The van der Waals surface area contributed by atoms with Crippen LogP contribution in [0.25, 0.3) is 11.0 Å². The van der Waals surface area contributed by atoms with Gasteiger partial charge in [0.1, 0.15) is 11.1 Å². The zero-order valence-corrected chi connectivity index (χ0v) is 14.2. The largest absolute Gasteiger partial charge is 0.422 e. The Morgan fingerprint density at radius 3 is 2.58 bits per heavy atom. The fraction of sp³-hybridized carbons (Fsp3) is 0.444. The van der Waals surface area contributed by atoms with E-state index < -0.39 is 5.63 Å². The summed E-state index contributed by atoms with van der Waals surface area (Å²) in [7, 11) is 0. The molecule has 0 radical (unpaired) electrons. The summed E-state index contributed by atoms with van der Waals surface area (Å²) in [6.07, 6.45) is 0. The van der Waals surface area contributed by atoms with E-state index in [1.165, 1.54) is 0 Å².